The Bertz CT molecular complexity index is 879. The summed E-state index contributed by atoms with van der Waals surface area (Å²) in [6.45, 7) is 9.65. The van der Waals surface area contributed by atoms with Gasteiger partial charge < -0.3 is 4.74 Å². The molecule has 2 bridgehead atoms. The fourth-order valence-corrected chi connectivity index (χ4v) is 5.56. The maximum Gasteiger partial charge on any atom is 0.279 e. The standard InChI is InChI=1S/C23H28N2O4/c1-11(2)18-16-6-7-17(18)20-19(16)22(27)25(23(20)28)24-21(26)14(5)29-15-9-12(3)8-13(4)10-15/h8-10,14,16-17,19-20H,6-7H2,1-5H3,(H,24,26)/t14-,16-,17-,19+,20+/m1/s1. The molecular weight excluding hydrogens is 368 g/mol. The Kier molecular flexibility index (Phi) is 4.75. The summed E-state index contributed by atoms with van der Waals surface area (Å²) in [5.41, 5.74) is 7.11. The predicted molar refractivity (Wildman–Crippen MR) is 108 cm³/mol. The number of hydrogen-bond acceptors (Lipinski definition) is 4. The first-order chi connectivity index (χ1) is 13.7. The Hall–Kier alpha value is -2.63. The minimum atomic E-state index is -0.831. The number of nitrogens with one attached hydrogen (secondary N) is 1. The minimum absolute atomic E-state index is 0.136. The van der Waals surface area contributed by atoms with E-state index in [4.69, 9.17) is 4.74 Å². The number of imide groups is 1. The molecule has 1 aromatic carbocycles. The molecule has 6 nitrogen and oxygen atoms in total. The average molecular weight is 396 g/mol. The summed E-state index contributed by atoms with van der Waals surface area (Å²) in [6.07, 6.45) is 1.06. The molecule has 0 unspecified atom stereocenters. The summed E-state index contributed by atoms with van der Waals surface area (Å²) in [4.78, 5) is 38.6. The summed E-state index contributed by atoms with van der Waals surface area (Å²) in [6, 6.07) is 5.73. The minimum Gasteiger partial charge on any atom is -0.481 e. The molecule has 29 heavy (non-hydrogen) atoms. The maximum absolute atomic E-state index is 13.0. The lowest BCUT2D eigenvalue weighted by atomic mass is 9.81. The van der Waals surface area contributed by atoms with Crippen LogP contribution < -0.4 is 10.2 Å². The zero-order valence-corrected chi connectivity index (χ0v) is 17.6. The van der Waals surface area contributed by atoms with Gasteiger partial charge in [0, 0.05) is 0 Å². The van der Waals surface area contributed by atoms with E-state index in [0.717, 1.165) is 29.0 Å². The Morgan fingerprint density at radius 1 is 1.03 bits per heavy atom. The number of ether oxygens (including phenoxy) is 1. The van der Waals surface area contributed by atoms with E-state index in [2.05, 4.69) is 19.3 Å². The van der Waals surface area contributed by atoms with Crippen molar-refractivity contribution < 1.29 is 19.1 Å². The van der Waals surface area contributed by atoms with E-state index in [0.29, 0.717) is 5.75 Å². The Morgan fingerprint density at radius 3 is 2.03 bits per heavy atom. The molecule has 2 saturated carbocycles. The first-order valence-corrected chi connectivity index (χ1v) is 10.3. The number of aryl methyl sites for hydroxylation is 2. The highest BCUT2D eigenvalue weighted by atomic mass is 16.5. The van der Waals surface area contributed by atoms with Gasteiger partial charge in [-0.15, -0.1) is 0 Å². The highest BCUT2D eigenvalue weighted by Crippen LogP contribution is 2.59. The van der Waals surface area contributed by atoms with Crippen molar-refractivity contribution in [3.05, 3.63) is 40.5 Å². The van der Waals surface area contributed by atoms with Crippen LogP contribution in [0.5, 0.6) is 5.75 Å². The Labute approximate surface area is 171 Å². The van der Waals surface area contributed by atoms with Gasteiger partial charge in [-0.3, -0.25) is 19.8 Å². The van der Waals surface area contributed by atoms with Crippen molar-refractivity contribution in [2.75, 3.05) is 0 Å². The molecule has 3 aliphatic rings. The second-order valence-electron chi connectivity index (χ2n) is 8.87. The molecule has 1 aromatic rings. The van der Waals surface area contributed by atoms with E-state index in [1.807, 2.05) is 32.0 Å². The van der Waals surface area contributed by atoms with Crippen LogP contribution in [0.15, 0.2) is 29.3 Å². The SMILES string of the molecule is CC(C)=C1[C@H]2CC[C@H]1[C@@H]1C(=O)N(NC(=O)[C@@H](C)Oc3cc(C)cc(C)c3)C(=O)[C@H]12. The lowest BCUT2D eigenvalue weighted by Gasteiger charge is -2.22. The predicted octanol–water partition coefficient (Wildman–Crippen LogP) is 3.08. The van der Waals surface area contributed by atoms with Gasteiger partial charge in [0.2, 0.25) is 0 Å². The van der Waals surface area contributed by atoms with Crippen LogP contribution in [-0.2, 0) is 14.4 Å². The van der Waals surface area contributed by atoms with Crippen molar-refractivity contribution in [1.29, 1.82) is 0 Å². The third-order valence-corrected chi connectivity index (χ3v) is 6.53. The van der Waals surface area contributed by atoms with Crippen molar-refractivity contribution in [1.82, 2.24) is 10.4 Å². The summed E-state index contributed by atoms with van der Waals surface area (Å²) < 4.78 is 5.75. The molecule has 0 spiro atoms. The third-order valence-electron chi connectivity index (χ3n) is 6.53. The van der Waals surface area contributed by atoms with Crippen molar-refractivity contribution in [2.45, 2.75) is 53.6 Å². The average Bonchev–Trinajstić information content (AvgIpc) is 3.26. The molecule has 154 valence electrons. The lowest BCUT2D eigenvalue weighted by molar-refractivity contribution is -0.151. The van der Waals surface area contributed by atoms with Gasteiger partial charge in [-0.05, 0) is 82.6 Å². The fraction of sp³-hybridized carbons (Fsp3) is 0.522. The number of hydrazine groups is 1. The highest BCUT2D eigenvalue weighted by Gasteiger charge is 2.63. The van der Waals surface area contributed by atoms with Gasteiger partial charge in [0.05, 0.1) is 11.8 Å². The Balaban J connectivity index is 1.47. The smallest absolute Gasteiger partial charge is 0.279 e. The molecule has 5 atom stereocenters. The van der Waals surface area contributed by atoms with Crippen LogP contribution in [0.4, 0.5) is 0 Å². The van der Waals surface area contributed by atoms with Gasteiger partial charge in [0.25, 0.3) is 17.7 Å². The van der Waals surface area contributed by atoms with Gasteiger partial charge in [-0.2, -0.15) is 5.01 Å². The van der Waals surface area contributed by atoms with Crippen molar-refractivity contribution in [3.63, 3.8) is 0 Å². The summed E-state index contributed by atoms with van der Waals surface area (Å²) >= 11 is 0. The summed E-state index contributed by atoms with van der Waals surface area (Å²) in [7, 11) is 0. The molecule has 1 aliphatic heterocycles. The molecule has 2 aliphatic carbocycles. The van der Waals surface area contributed by atoms with Crippen LogP contribution in [0.3, 0.4) is 0 Å². The van der Waals surface area contributed by atoms with E-state index in [9.17, 15) is 14.4 Å². The maximum atomic E-state index is 13.0. The van der Waals surface area contributed by atoms with Gasteiger partial charge in [0.1, 0.15) is 5.75 Å². The number of benzene rings is 1. The van der Waals surface area contributed by atoms with Crippen molar-refractivity contribution in [3.8, 4) is 5.75 Å². The first-order valence-electron chi connectivity index (χ1n) is 10.3. The van der Waals surface area contributed by atoms with Gasteiger partial charge >= 0.3 is 0 Å². The van der Waals surface area contributed by atoms with E-state index in [-0.39, 0.29) is 35.5 Å². The number of nitrogens with zero attached hydrogens (tertiary/aromatic N) is 1. The monoisotopic (exact) mass is 396 g/mol. The summed E-state index contributed by atoms with van der Waals surface area (Å²) in [5.74, 6) is -0.859. The van der Waals surface area contributed by atoms with Gasteiger partial charge in [-0.25, -0.2) is 0 Å². The normalized spacial score (nSPS) is 28.6. The number of rotatable bonds is 4. The molecule has 3 amide bonds. The van der Waals surface area contributed by atoms with Crippen LogP contribution >= 0.6 is 0 Å². The number of amides is 3. The van der Waals surface area contributed by atoms with Crippen LogP contribution in [0.2, 0.25) is 0 Å². The lowest BCUT2D eigenvalue weighted by Crippen LogP contribution is -2.51. The number of fused-ring (bicyclic) bond motifs is 5. The zero-order chi connectivity index (χ0) is 21.0. The molecule has 1 saturated heterocycles. The molecule has 1 N–H and O–H groups in total. The molecule has 4 rings (SSSR count). The van der Waals surface area contributed by atoms with Gasteiger partial charge in [0.15, 0.2) is 6.10 Å². The van der Waals surface area contributed by atoms with Crippen LogP contribution in [0.25, 0.3) is 0 Å². The number of carbonyl (C=O) groups excluding carboxylic acids is 3. The molecule has 0 aromatic heterocycles. The fourth-order valence-electron chi connectivity index (χ4n) is 5.56. The quantitative estimate of drug-likeness (QED) is 0.627. The van der Waals surface area contributed by atoms with Gasteiger partial charge in [-0.1, -0.05) is 17.2 Å². The van der Waals surface area contributed by atoms with E-state index < -0.39 is 12.0 Å². The molecular formula is C23H28N2O4. The van der Waals surface area contributed by atoms with E-state index in [1.165, 1.54) is 11.1 Å². The topological polar surface area (TPSA) is 75.7 Å². The number of hydrogen-bond donors (Lipinski definition) is 1. The number of allylic oxidation sites excluding steroid dienone is 2. The van der Waals surface area contributed by atoms with E-state index in [1.54, 1.807) is 6.92 Å². The van der Waals surface area contributed by atoms with Crippen LogP contribution in [0.1, 0.15) is 44.7 Å². The van der Waals surface area contributed by atoms with Crippen molar-refractivity contribution in [2.24, 2.45) is 23.7 Å². The van der Waals surface area contributed by atoms with Crippen LogP contribution in [0, 0.1) is 37.5 Å². The van der Waals surface area contributed by atoms with E-state index >= 15 is 0 Å². The third kappa shape index (κ3) is 3.15. The molecule has 3 fully saturated rings. The largest absolute Gasteiger partial charge is 0.481 e. The highest BCUT2D eigenvalue weighted by molar-refractivity contribution is 6.07. The second kappa shape index (κ2) is 7.01. The molecule has 0 radical (unpaired) electrons. The summed E-state index contributed by atoms with van der Waals surface area (Å²) in [5, 5.41) is 0.951. The second-order valence-corrected chi connectivity index (χ2v) is 8.87. The van der Waals surface area contributed by atoms with Crippen molar-refractivity contribution >= 4 is 17.7 Å². The first kappa shape index (κ1) is 19.7. The Morgan fingerprint density at radius 2 is 1.55 bits per heavy atom. The van der Waals surface area contributed by atoms with Crippen LogP contribution in [-0.4, -0.2) is 28.8 Å². The zero-order valence-electron chi connectivity index (χ0n) is 17.6. The molecule has 1 heterocycles. The molecule has 6 heteroatoms. The number of carbonyl (C=O) groups is 3.